The van der Waals surface area contributed by atoms with Crippen LogP contribution in [0.1, 0.15) is 16.7 Å². The van der Waals surface area contributed by atoms with Crippen molar-refractivity contribution in [2.75, 3.05) is 13.2 Å². The average Bonchev–Trinajstić information content (AvgIpc) is 3.05. The fourth-order valence-electron chi connectivity index (χ4n) is 3.92. The summed E-state index contributed by atoms with van der Waals surface area (Å²) in [6.07, 6.45) is 0. The monoisotopic (exact) mass is 288 g/mol. The van der Waals surface area contributed by atoms with E-state index >= 15 is 0 Å². The van der Waals surface area contributed by atoms with Crippen molar-refractivity contribution in [1.82, 2.24) is 0 Å². The van der Waals surface area contributed by atoms with Gasteiger partial charge in [0.1, 0.15) is 0 Å². The summed E-state index contributed by atoms with van der Waals surface area (Å²) in [5, 5.41) is 2.55. The SMILES string of the molecule is Cc1ccc2c3c(cccc13)-c1ccccc1C21OCCO1. The van der Waals surface area contributed by atoms with E-state index in [1.807, 2.05) is 0 Å². The van der Waals surface area contributed by atoms with Gasteiger partial charge < -0.3 is 9.47 Å². The molecule has 0 amide bonds. The summed E-state index contributed by atoms with van der Waals surface area (Å²) in [5.41, 5.74) is 6.04. The van der Waals surface area contributed by atoms with Gasteiger partial charge in [-0.05, 0) is 34.4 Å². The molecule has 0 N–H and O–H groups in total. The van der Waals surface area contributed by atoms with E-state index in [1.54, 1.807) is 0 Å². The van der Waals surface area contributed by atoms with Gasteiger partial charge in [-0.3, -0.25) is 0 Å². The Morgan fingerprint density at radius 1 is 0.773 bits per heavy atom. The lowest BCUT2D eigenvalue weighted by atomic mass is 9.79. The lowest BCUT2D eigenvalue weighted by Crippen LogP contribution is -2.32. The fraction of sp³-hybridized carbons (Fsp3) is 0.200. The van der Waals surface area contributed by atoms with Crippen LogP contribution < -0.4 is 0 Å². The van der Waals surface area contributed by atoms with E-state index in [0.717, 1.165) is 11.1 Å². The molecule has 2 nitrogen and oxygen atoms in total. The van der Waals surface area contributed by atoms with Crippen molar-refractivity contribution in [3.63, 3.8) is 0 Å². The highest BCUT2D eigenvalue weighted by molar-refractivity contribution is 6.04. The molecule has 108 valence electrons. The summed E-state index contributed by atoms with van der Waals surface area (Å²) in [5.74, 6) is -0.739. The van der Waals surface area contributed by atoms with Gasteiger partial charge in [0.2, 0.25) is 5.79 Å². The summed E-state index contributed by atoms with van der Waals surface area (Å²) in [6, 6.07) is 19.3. The highest BCUT2D eigenvalue weighted by Crippen LogP contribution is 2.51. The summed E-state index contributed by atoms with van der Waals surface area (Å²) in [6.45, 7) is 3.42. The van der Waals surface area contributed by atoms with Crippen molar-refractivity contribution >= 4 is 10.8 Å². The number of rotatable bonds is 0. The zero-order chi connectivity index (χ0) is 14.7. The van der Waals surface area contributed by atoms with Gasteiger partial charge in [0.05, 0.1) is 13.2 Å². The molecule has 1 saturated heterocycles. The van der Waals surface area contributed by atoms with Gasteiger partial charge in [-0.15, -0.1) is 0 Å². The lowest BCUT2D eigenvalue weighted by Gasteiger charge is -2.36. The van der Waals surface area contributed by atoms with Crippen molar-refractivity contribution < 1.29 is 9.47 Å². The molecule has 0 radical (unpaired) electrons. The van der Waals surface area contributed by atoms with Crippen LogP contribution in [0.5, 0.6) is 0 Å². The first-order chi connectivity index (χ1) is 10.8. The van der Waals surface area contributed by atoms with Gasteiger partial charge in [0.25, 0.3) is 0 Å². The Bertz CT molecular complexity index is 905. The Kier molecular flexibility index (Phi) is 2.36. The highest BCUT2D eigenvalue weighted by Gasteiger charge is 2.46. The number of benzene rings is 3. The maximum atomic E-state index is 6.17. The van der Waals surface area contributed by atoms with Crippen LogP contribution in [0.3, 0.4) is 0 Å². The number of hydrogen-bond donors (Lipinski definition) is 0. The largest absolute Gasteiger partial charge is 0.340 e. The van der Waals surface area contributed by atoms with E-state index < -0.39 is 5.79 Å². The quantitative estimate of drug-likeness (QED) is 0.611. The van der Waals surface area contributed by atoms with E-state index in [-0.39, 0.29) is 0 Å². The Balaban J connectivity index is 2.02. The molecule has 0 saturated carbocycles. The minimum absolute atomic E-state index is 0.631. The van der Waals surface area contributed by atoms with E-state index in [1.165, 1.54) is 27.5 Å². The van der Waals surface area contributed by atoms with Crippen LogP contribution in [-0.2, 0) is 15.3 Å². The second-order valence-corrected chi connectivity index (χ2v) is 6.02. The second kappa shape index (κ2) is 4.19. The second-order valence-electron chi connectivity index (χ2n) is 6.02. The zero-order valence-corrected chi connectivity index (χ0v) is 12.4. The smallest absolute Gasteiger partial charge is 0.223 e. The summed E-state index contributed by atoms with van der Waals surface area (Å²) in [4.78, 5) is 0. The molecule has 1 fully saturated rings. The first-order valence-corrected chi connectivity index (χ1v) is 7.72. The number of fused-ring (bicyclic) bond motifs is 4. The molecule has 0 atom stereocenters. The van der Waals surface area contributed by atoms with Crippen molar-refractivity contribution in [3.8, 4) is 11.1 Å². The number of hydrogen-bond acceptors (Lipinski definition) is 2. The Morgan fingerprint density at radius 3 is 2.41 bits per heavy atom. The first kappa shape index (κ1) is 12.4. The topological polar surface area (TPSA) is 18.5 Å². The standard InChI is InChI=1S/C20H16O2/c1-13-9-10-18-19-14(13)6-4-7-16(19)15-5-2-3-8-17(15)20(18)21-11-12-22-20/h2-10H,11-12H2,1H3. The van der Waals surface area contributed by atoms with Gasteiger partial charge in [0.15, 0.2) is 0 Å². The van der Waals surface area contributed by atoms with Crippen LogP contribution in [0.15, 0.2) is 54.6 Å². The molecular formula is C20H16O2. The highest BCUT2D eigenvalue weighted by atomic mass is 16.7. The van der Waals surface area contributed by atoms with Crippen molar-refractivity contribution in [3.05, 3.63) is 71.3 Å². The third kappa shape index (κ3) is 1.37. The molecule has 2 heteroatoms. The third-order valence-corrected chi connectivity index (χ3v) is 4.88. The average molecular weight is 288 g/mol. The van der Waals surface area contributed by atoms with Gasteiger partial charge in [-0.2, -0.15) is 0 Å². The maximum absolute atomic E-state index is 6.17. The molecule has 2 aliphatic rings. The van der Waals surface area contributed by atoms with Crippen molar-refractivity contribution in [2.45, 2.75) is 12.7 Å². The lowest BCUT2D eigenvalue weighted by molar-refractivity contribution is -0.128. The van der Waals surface area contributed by atoms with Crippen molar-refractivity contribution in [2.24, 2.45) is 0 Å². The normalized spacial score (nSPS) is 17.9. The Labute approximate surface area is 129 Å². The fourth-order valence-corrected chi connectivity index (χ4v) is 3.92. The van der Waals surface area contributed by atoms with Crippen LogP contribution in [0.25, 0.3) is 21.9 Å². The van der Waals surface area contributed by atoms with Gasteiger partial charge in [0, 0.05) is 11.1 Å². The predicted octanol–water partition coefficient (Wildman–Crippen LogP) is 4.38. The molecular weight excluding hydrogens is 272 g/mol. The van der Waals surface area contributed by atoms with Gasteiger partial charge in [-0.1, -0.05) is 54.6 Å². The Hall–Kier alpha value is -2.16. The maximum Gasteiger partial charge on any atom is 0.223 e. The summed E-state index contributed by atoms with van der Waals surface area (Å²) >= 11 is 0. The van der Waals surface area contributed by atoms with Crippen LogP contribution >= 0.6 is 0 Å². The van der Waals surface area contributed by atoms with Crippen LogP contribution in [-0.4, -0.2) is 13.2 Å². The van der Waals surface area contributed by atoms with Crippen molar-refractivity contribution in [1.29, 1.82) is 0 Å². The van der Waals surface area contributed by atoms with Crippen LogP contribution in [0.2, 0.25) is 0 Å². The van der Waals surface area contributed by atoms with E-state index in [0.29, 0.717) is 13.2 Å². The molecule has 3 aromatic carbocycles. The molecule has 0 unspecified atom stereocenters. The minimum atomic E-state index is -0.739. The minimum Gasteiger partial charge on any atom is -0.340 e. The summed E-state index contributed by atoms with van der Waals surface area (Å²) < 4.78 is 12.3. The number of ether oxygens (including phenoxy) is 2. The van der Waals surface area contributed by atoms with E-state index in [2.05, 4.69) is 61.5 Å². The third-order valence-electron chi connectivity index (χ3n) is 4.88. The van der Waals surface area contributed by atoms with E-state index in [9.17, 15) is 0 Å². The van der Waals surface area contributed by atoms with Gasteiger partial charge >= 0.3 is 0 Å². The molecule has 1 spiro atoms. The van der Waals surface area contributed by atoms with Crippen LogP contribution in [0, 0.1) is 6.92 Å². The molecule has 1 aliphatic carbocycles. The molecule has 0 aromatic heterocycles. The Morgan fingerprint density at radius 2 is 1.55 bits per heavy atom. The van der Waals surface area contributed by atoms with E-state index in [4.69, 9.17) is 9.47 Å². The summed E-state index contributed by atoms with van der Waals surface area (Å²) in [7, 11) is 0. The molecule has 1 heterocycles. The predicted molar refractivity (Wildman–Crippen MR) is 86.8 cm³/mol. The molecule has 0 bridgehead atoms. The first-order valence-electron chi connectivity index (χ1n) is 7.72. The molecule has 22 heavy (non-hydrogen) atoms. The molecule has 5 rings (SSSR count). The molecule has 3 aromatic rings. The molecule has 1 aliphatic heterocycles. The van der Waals surface area contributed by atoms with Crippen LogP contribution in [0.4, 0.5) is 0 Å². The van der Waals surface area contributed by atoms with Gasteiger partial charge in [-0.25, -0.2) is 0 Å². The number of aryl methyl sites for hydroxylation is 1. The zero-order valence-electron chi connectivity index (χ0n) is 12.4.